The summed E-state index contributed by atoms with van der Waals surface area (Å²) in [6.07, 6.45) is 0. The quantitative estimate of drug-likeness (QED) is 0.828. The van der Waals surface area contributed by atoms with Crippen molar-refractivity contribution in [3.63, 3.8) is 0 Å². The first kappa shape index (κ1) is 17.4. The lowest BCUT2D eigenvalue weighted by atomic mass is 10.2. The largest absolute Gasteiger partial charge is 0.480 e. The fourth-order valence-corrected chi connectivity index (χ4v) is 2.77. The molecular formula is C12H15ClN2O5S. The molecule has 21 heavy (non-hydrogen) atoms. The molecule has 0 aliphatic carbocycles. The fourth-order valence-electron chi connectivity index (χ4n) is 1.38. The summed E-state index contributed by atoms with van der Waals surface area (Å²) in [5.74, 6) is -1.89. The van der Waals surface area contributed by atoms with Gasteiger partial charge in [0, 0.05) is 19.7 Å². The molecular weight excluding hydrogens is 320 g/mol. The number of hydrogen-bond donors (Lipinski definition) is 2. The minimum absolute atomic E-state index is 0.00734. The van der Waals surface area contributed by atoms with Crippen molar-refractivity contribution >= 4 is 33.5 Å². The summed E-state index contributed by atoms with van der Waals surface area (Å²) in [6.45, 7) is 1.30. The normalized spacial score (nSPS) is 13.0. The number of halogens is 1. The Morgan fingerprint density at radius 3 is 2.38 bits per heavy atom. The van der Waals surface area contributed by atoms with Gasteiger partial charge in [0.05, 0.1) is 5.02 Å². The number of carbonyl (C=O) groups excluding carboxylic acids is 1. The highest BCUT2D eigenvalue weighted by Crippen LogP contribution is 2.24. The average Bonchev–Trinajstić information content (AvgIpc) is 2.38. The van der Waals surface area contributed by atoms with Crippen molar-refractivity contribution in [1.29, 1.82) is 0 Å². The van der Waals surface area contributed by atoms with Gasteiger partial charge < -0.3 is 10.4 Å². The third-order valence-corrected chi connectivity index (χ3v) is 4.97. The predicted molar refractivity (Wildman–Crippen MR) is 76.9 cm³/mol. The van der Waals surface area contributed by atoms with Crippen molar-refractivity contribution < 1.29 is 23.1 Å². The first-order valence-corrected chi connectivity index (χ1v) is 7.65. The van der Waals surface area contributed by atoms with E-state index in [4.69, 9.17) is 16.7 Å². The van der Waals surface area contributed by atoms with Crippen LogP contribution in [-0.4, -0.2) is 49.8 Å². The maximum absolute atomic E-state index is 12.1. The van der Waals surface area contributed by atoms with Crippen molar-refractivity contribution in [3.8, 4) is 0 Å². The third kappa shape index (κ3) is 3.93. The van der Waals surface area contributed by atoms with Crippen LogP contribution in [0, 0.1) is 0 Å². The molecule has 1 amide bonds. The van der Waals surface area contributed by atoms with Crippen molar-refractivity contribution in [3.05, 3.63) is 28.8 Å². The first-order chi connectivity index (χ1) is 9.57. The molecule has 0 saturated carbocycles. The summed E-state index contributed by atoms with van der Waals surface area (Å²) in [4.78, 5) is 22.4. The van der Waals surface area contributed by atoms with Crippen LogP contribution in [-0.2, 0) is 14.8 Å². The van der Waals surface area contributed by atoms with Crippen LogP contribution >= 0.6 is 11.6 Å². The number of amides is 1. The van der Waals surface area contributed by atoms with Crippen molar-refractivity contribution in [1.82, 2.24) is 9.62 Å². The number of carbonyl (C=O) groups is 2. The third-order valence-electron chi connectivity index (χ3n) is 2.67. The van der Waals surface area contributed by atoms with Crippen LogP contribution in [0.4, 0.5) is 0 Å². The molecule has 1 rings (SSSR count). The number of benzene rings is 1. The standard InChI is InChI=1S/C12H15ClN2O5S/c1-7(12(17)18)14-11(16)8-4-5-9(13)10(6-8)21(19,20)15(2)3/h4-7H,1-3H3,(H,14,16)(H,17,18)/t7-/m0/s1. The van der Waals surface area contributed by atoms with Gasteiger partial charge in [-0.05, 0) is 25.1 Å². The van der Waals surface area contributed by atoms with Crippen LogP contribution in [0.1, 0.15) is 17.3 Å². The maximum Gasteiger partial charge on any atom is 0.325 e. The van der Waals surface area contributed by atoms with Crippen molar-refractivity contribution in [2.45, 2.75) is 17.9 Å². The summed E-state index contributed by atoms with van der Waals surface area (Å²) in [5.41, 5.74) is 0.00734. The zero-order valence-electron chi connectivity index (χ0n) is 11.6. The second kappa shape index (κ2) is 6.42. The second-order valence-electron chi connectivity index (χ2n) is 4.47. The van der Waals surface area contributed by atoms with Crippen molar-refractivity contribution in [2.75, 3.05) is 14.1 Å². The van der Waals surface area contributed by atoms with Crippen LogP contribution in [0.3, 0.4) is 0 Å². The lowest BCUT2D eigenvalue weighted by molar-refractivity contribution is -0.138. The molecule has 7 nitrogen and oxygen atoms in total. The topological polar surface area (TPSA) is 104 Å². The highest BCUT2D eigenvalue weighted by atomic mass is 35.5. The Hall–Kier alpha value is -1.64. The van der Waals surface area contributed by atoms with E-state index in [0.717, 1.165) is 10.4 Å². The van der Waals surface area contributed by atoms with E-state index in [1.165, 1.54) is 33.2 Å². The lowest BCUT2D eigenvalue weighted by Gasteiger charge is -2.14. The molecule has 0 fully saturated rings. The Bertz CT molecular complexity index is 672. The molecule has 0 aromatic heterocycles. The molecule has 1 atom stereocenters. The Balaban J connectivity index is 3.19. The van der Waals surface area contributed by atoms with E-state index in [-0.39, 0.29) is 15.5 Å². The van der Waals surface area contributed by atoms with E-state index < -0.39 is 27.9 Å². The molecule has 2 N–H and O–H groups in total. The van der Waals surface area contributed by atoms with E-state index in [1.807, 2.05) is 0 Å². The molecule has 0 unspecified atom stereocenters. The van der Waals surface area contributed by atoms with Crippen LogP contribution in [0.5, 0.6) is 0 Å². The van der Waals surface area contributed by atoms with Gasteiger partial charge in [0.2, 0.25) is 10.0 Å². The number of hydrogen-bond acceptors (Lipinski definition) is 4. The molecule has 1 aromatic carbocycles. The summed E-state index contributed by atoms with van der Waals surface area (Å²) < 4.78 is 25.1. The van der Waals surface area contributed by atoms with Gasteiger partial charge in [-0.3, -0.25) is 9.59 Å². The van der Waals surface area contributed by atoms with Gasteiger partial charge in [0.1, 0.15) is 10.9 Å². The molecule has 116 valence electrons. The molecule has 0 spiro atoms. The number of aliphatic carboxylic acids is 1. The number of sulfonamides is 1. The van der Waals surface area contributed by atoms with Gasteiger partial charge in [-0.2, -0.15) is 0 Å². The molecule has 9 heteroatoms. The Morgan fingerprint density at radius 1 is 1.33 bits per heavy atom. The second-order valence-corrected chi connectivity index (χ2v) is 6.99. The first-order valence-electron chi connectivity index (χ1n) is 5.83. The number of carboxylic acid groups (broad SMARTS) is 1. The Kier molecular flexibility index (Phi) is 5.32. The van der Waals surface area contributed by atoms with Crippen LogP contribution in [0.25, 0.3) is 0 Å². The molecule has 0 aliphatic heterocycles. The van der Waals surface area contributed by atoms with E-state index in [1.54, 1.807) is 0 Å². The molecule has 0 saturated heterocycles. The van der Waals surface area contributed by atoms with Crippen LogP contribution < -0.4 is 5.32 Å². The minimum atomic E-state index is -3.80. The zero-order chi connectivity index (χ0) is 16.4. The smallest absolute Gasteiger partial charge is 0.325 e. The van der Waals surface area contributed by atoms with Gasteiger partial charge in [-0.25, -0.2) is 12.7 Å². The van der Waals surface area contributed by atoms with E-state index >= 15 is 0 Å². The Morgan fingerprint density at radius 2 is 1.90 bits per heavy atom. The van der Waals surface area contributed by atoms with Gasteiger partial charge in [0.25, 0.3) is 5.91 Å². The van der Waals surface area contributed by atoms with E-state index in [2.05, 4.69) is 5.32 Å². The van der Waals surface area contributed by atoms with Gasteiger partial charge >= 0.3 is 5.97 Å². The molecule has 1 aromatic rings. The summed E-state index contributed by atoms with van der Waals surface area (Å²) >= 11 is 5.85. The number of rotatable bonds is 5. The molecule has 0 aliphatic rings. The average molecular weight is 335 g/mol. The summed E-state index contributed by atoms with van der Waals surface area (Å²) in [6, 6.07) is 2.61. The highest BCUT2D eigenvalue weighted by molar-refractivity contribution is 7.89. The molecule has 0 bridgehead atoms. The monoisotopic (exact) mass is 334 g/mol. The van der Waals surface area contributed by atoms with Crippen molar-refractivity contribution in [2.24, 2.45) is 0 Å². The minimum Gasteiger partial charge on any atom is -0.480 e. The fraction of sp³-hybridized carbons (Fsp3) is 0.333. The van der Waals surface area contributed by atoms with Gasteiger partial charge in [-0.15, -0.1) is 0 Å². The van der Waals surface area contributed by atoms with Gasteiger partial charge in [0.15, 0.2) is 0 Å². The summed E-state index contributed by atoms with van der Waals surface area (Å²) in [7, 11) is -1.13. The summed E-state index contributed by atoms with van der Waals surface area (Å²) in [5, 5.41) is 11.0. The zero-order valence-corrected chi connectivity index (χ0v) is 13.2. The van der Waals surface area contributed by atoms with Crippen LogP contribution in [0.15, 0.2) is 23.1 Å². The molecule has 0 heterocycles. The number of nitrogens with zero attached hydrogens (tertiary/aromatic N) is 1. The van der Waals surface area contributed by atoms with E-state index in [9.17, 15) is 18.0 Å². The SMILES string of the molecule is C[C@H](NC(=O)c1ccc(Cl)c(S(=O)(=O)N(C)C)c1)C(=O)O. The molecule has 0 radical (unpaired) electrons. The number of nitrogens with one attached hydrogen (secondary N) is 1. The lowest BCUT2D eigenvalue weighted by Crippen LogP contribution is -2.38. The number of carboxylic acids is 1. The van der Waals surface area contributed by atoms with E-state index in [0.29, 0.717) is 0 Å². The van der Waals surface area contributed by atoms with Crippen LogP contribution in [0.2, 0.25) is 5.02 Å². The highest BCUT2D eigenvalue weighted by Gasteiger charge is 2.23. The van der Waals surface area contributed by atoms with Gasteiger partial charge in [-0.1, -0.05) is 11.6 Å². The predicted octanol–water partition coefficient (Wildman–Crippen LogP) is 0.793. The Labute approximate surface area is 127 Å². The maximum atomic E-state index is 12.1.